The van der Waals surface area contributed by atoms with Crippen LogP contribution in [0, 0.1) is 0 Å². The molecule has 0 aromatic rings. The Balaban J connectivity index is 0. The highest BCUT2D eigenvalue weighted by Gasteiger charge is 2.38. The third-order valence-electron chi connectivity index (χ3n) is 2.60. The smallest absolute Gasteiger partial charge is 0.361 e. The highest BCUT2D eigenvalue weighted by Crippen LogP contribution is 2.08. The van der Waals surface area contributed by atoms with Gasteiger partial charge in [0.2, 0.25) is 0 Å². The Morgan fingerprint density at radius 1 is 0.750 bits per heavy atom. The lowest BCUT2D eigenvalue weighted by Gasteiger charge is -2.32. The number of ether oxygens (including phenoxy) is 2. The summed E-state index contributed by atoms with van der Waals surface area (Å²) < 4.78 is 8.59. The second-order valence-corrected chi connectivity index (χ2v) is 4.71. The number of carbonyl (C=O) groups is 4. The standard InChI is InChI=1S/C12H19NO10.H3N/c14-1-2-22-3-4-23-12(21)8-13(5-9(15)16,6-10(17)18)7-11(19)20;/h14H,1-8H2,(H2-,15,16,17,18,19,20);1H3/p+1. The van der Waals surface area contributed by atoms with Crippen molar-refractivity contribution in [2.75, 3.05) is 52.6 Å². The molecule has 7 N–H and O–H groups in total. The highest BCUT2D eigenvalue weighted by atomic mass is 16.6. The van der Waals surface area contributed by atoms with Gasteiger partial charge in [0.05, 0.1) is 19.8 Å². The molecular formula is C12H23N2O10+. The van der Waals surface area contributed by atoms with Crippen LogP contribution in [0.2, 0.25) is 0 Å². The van der Waals surface area contributed by atoms with Crippen molar-refractivity contribution < 1.29 is 53.6 Å². The SMILES string of the molecule is N.O=C(O)C[N+](CC(=O)O)(CC(=O)O)CC(=O)OCCOCCO. The van der Waals surface area contributed by atoms with Crippen molar-refractivity contribution in [3.05, 3.63) is 0 Å². The third-order valence-corrected chi connectivity index (χ3v) is 2.60. The Hall–Kier alpha value is -2.28. The van der Waals surface area contributed by atoms with E-state index in [-0.39, 0.29) is 32.6 Å². The van der Waals surface area contributed by atoms with E-state index >= 15 is 0 Å². The van der Waals surface area contributed by atoms with Crippen LogP contribution in [0.5, 0.6) is 0 Å². The van der Waals surface area contributed by atoms with E-state index in [9.17, 15) is 19.2 Å². The predicted octanol–water partition coefficient (Wildman–Crippen LogP) is -2.23. The zero-order valence-electron chi connectivity index (χ0n) is 13.0. The van der Waals surface area contributed by atoms with Gasteiger partial charge in [-0.3, -0.25) is 4.48 Å². The summed E-state index contributed by atoms with van der Waals surface area (Å²) in [6, 6.07) is 0. The Morgan fingerprint density at radius 3 is 1.58 bits per heavy atom. The van der Waals surface area contributed by atoms with Crippen LogP contribution in [0.3, 0.4) is 0 Å². The Morgan fingerprint density at radius 2 is 1.21 bits per heavy atom. The van der Waals surface area contributed by atoms with Crippen molar-refractivity contribution in [1.82, 2.24) is 6.15 Å². The summed E-state index contributed by atoms with van der Waals surface area (Å²) in [6.07, 6.45) is 0. The van der Waals surface area contributed by atoms with E-state index in [4.69, 9.17) is 29.9 Å². The number of esters is 1. The van der Waals surface area contributed by atoms with E-state index in [1.165, 1.54) is 0 Å². The number of carboxylic acids is 3. The molecule has 0 aliphatic rings. The summed E-state index contributed by atoms with van der Waals surface area (Å²) in [4.78, 5) is 44.4. The lowest BCUT2D eigenvalue weighted by Crippen LogP contribution is -2.59. The number of aliphatic hydroxyl groups is 1. The van der Waals surface area contributed by atoms with Gasteiger partial charge in [0.25, 0.3) is 0 Å². The van der Waals surface area contributed by atoms with Crippen LogP contribution in [0.4, 0.5) is 0 Å². The molecule has 12 heteroatoms. The summed E-state index contributed by atoms with van der Waals surface area (Å²) in [5, 5.41) is 35.1. The summed E-state index contributed by atoms with van der Waals surface area (Å²) in [5.41, 5.74) is 0. The molecule has 0 aromatic heterocycles. The van der Waals surface area contributed by atoms with Crippen LogP contribution in [-0.2, 0) is 28.7 Å². The average molecular weight is 355 g/mol. The molecular weight excluding hydrogens is 332 g/mol. The van der Waals surface area contributed by atoms with Crippen LogP contribution in [0.25, 0.3) is 0 Å². The number of nitrogens with zero attached hydrogens (tertiary/aromatic N) is 1. The van der Waals surface area contributed by atoms with Crippen LogP contribution < -0.4 is 6.15 Å². The van der Waals surface area contributed by atoms with Gasteiger partial charge in [0.15, 0.2) is 26.2 Å². The van der Waals surface area contributed by atoms with Gasteiger partial charge in [0, 0.05) is 0 Å². The van der Waals surface area contributed by atoms with Crippen molar-refractivity contribution in [1.29, 1.82) is 0 Å². The first-order valence-electron chi connectivity index (χ1n) is 6.55. The lowest BCUT2D eigenvalue weighted by atomic mass is 10.3. The van der Waals surface area contributed by atoms with Gasteiger partial charge in [-0.15, -0.1) is 0 Å². The fraction of sp³-hybridized carbons (Fsp3) is 0.667. The first-order chi connectivity index (χ1) is 10.7. The Bertz CT molecular complexity index is 399. The first kappa shape index (κ1) is 24.0. The van der Waals surface area contributed by atoms with Crippen molar-refractivity contribution >= 4 is 23.9 Å². The van der Waals surface area contributed by atoms with Crippen molar-refractivity contribution in [2.45, 2.75) is 0 Å². The number of quaternary nitrogens is 1. The van der Waals surface area contributed by atoms with E-state index in [1.807, 2.05) is 0 Å². The molecule has 0 amide bonds. The lowest BCUT2D eigenvalue weighted by molar-refractivity contribution is -0.900. The molecule has 0 saturated heterocycles. The molecule has 0 rings (SSSR count). The molecule has 0 bridgehead atoms. The molecule has 0 aliphatic heterocycles. The summed E-state index contributed by atoms with van der Waals surface area (Å²) in [7, 11) is 0. The van der Waals surface area contributed by atoms with Crippen LogP contribution in [0.15, 0.2) is 0 Å². The fourth-order valence-corrected chi connectivity index (χ4v) is 1.90. The molecule has 0 aromatic carbocycles. The largest absolute Gasteiger partial charge is 0.477 e. The monoisotopic (exact) mass is 355 g/mol. The molecule has 12 nitrogen and oxygen atoms in total. The Kier molecular flexibility index (Phi) is 12.2. The first-order valence-corrected chi connectivity index (χ1v) is 6.55. The minimum atomic E-state index is -1.44. The van der Waals surface area contributed by atoms with Gasteiger partial charge >= 0.3 is 23.9 Å². The molecule has 24 heavy (non-hydrogen) atoms. The number of hydrogen-bond acceptors (Lipinski definition) is 8. The molecule has 0 unspecified atom stereocenters. The topological polar surface area (TPSA) is 203 Å². The summed E-state index contributed by atoms with van der Waals surface area (Å²) in [5.74, 6) is -5.26. The predicted molar refractivity (Wildman–Crippen MR) is 76.5 cm³/mol. The van der Waals surface area contributed by atoms with Crippen LogP contribution in [0.1, 0.15) is 0 Å². The molecule has 0 fully saturated rings. The normalized spacial score (nSPS) is 10.5. The zero-order valence-corrected chi connectivity index (χ0v) is 13.0. The number of carbonyl (C=O) groups excluding carboxylic acids is 1. The maximum absolute atomic E-state index is 11.7. The van der Waals surface area contributed by atoms with Crippen LogP contribution >= 0.6 is 0 Å². The van der Waals surface area contributed by atoms with Crippen molar-refractivity contribution in [2.24, 2.45) is 0 Å². The molecule has 0 aliphatic carbocycles. The maximum Gasteiger partial charge on any atom is 0.361 e. The molecule has 0 radical (unpaired) electrons. The van der Waals surface area contributed by atoms with Gasteiger partial charge in [-0.05, 0) is 0 Å². The van der Waals surface area contributed by atoms with E-state index in [1.54, 1.807) is 0 Å². The van der Waals surface area contributed by atoms with Gasteiger partial charge in [0.1, 0.15) is 6.61 Å². The minimum Gasteiger partial charge on any atom is -0.477 e. The molecule has 0 heterocycles. The van der Waals surface area contributed by atoms with E-state index in [0.717, 1.165) is 0 Å². The molecule has 0 spiro atoms. The van der Waals surface area contributed by atoms with E-state index in [2.05, 4.69) is 0 Å². The van der Waals surface area contributed by atoms with E-state index < -0.39 is 54.5 Å². The highest BCUT2D eigenvalue weighted by molar-refractivity contribution is 5.76. The fourth-order valence-electron chi connectivity index (χ4n) is 1.90. The minimum absolute atomic E-state index is 0. The van der Waals surface area contributed by atoms with Gasteiger partial charge < -0.3 is 36.1 Å². The molecule has 0 saturated carbocycles. The third kappa shape index (κ3) is 11.3. The average Bonchev–Trinajstić information content (AvgIpc) is 2.35. The number of aliphatic hydroxyl groups excluding tert-OH is 1. The number of rotatable bonds is 13. The van der Waals surface area contributed by atoms with Gasteiger partial charge in [-0.2, -0.15) is 0 Å². The Labute approximate surface area is 137 Å². The molecule has 140 valence electrons. The second-order valence-electron chi connectivity index (χ2n) is 4.71. The van der Waals surface area contributed by atoms with Crippen molar-refractivity contribution in [3.63, 3.8) is 0 Å². The van der Waals surface area contributed by atoms with Crippen LogP contribution in [-0.4, -0.2) is 101 Å². The number of aliphatic carboxylic acids is 3. The summed E-state index contributed by atoms with van der Waals surface area (Å²) >= 11 is 0. The van der Waals surface area contributed by atoms with E-state index in [0.29, 0.717) is 0 Å². The quantitative estimate of drug-likeness (QED) is 0.136. The maximum atomic E-state index is 11.7. The zero-order chi connectivity index (χ0) is 17.9. The van der Waals surface area contributed by atoms with Gasteiger partial charge in [-0.1, -0.05) is 0 Å². The van der Waals surface area contributed by atoms with Crippen molar-refractivity contribution in [3.8, 4) is 0 Å². The second kappa shape index (κ2) is 12.2. The molecule has 0 atom stereocenters. The number of carboxylic acid groups (broad SMARTS) is 3. The summed E-state index contributed by atoms with van der Waals surface area (Å²) in [6.45, 7) is -3.63. The number of hydrogen-bond donors (Lipinski definition) is 5. The van der Waals surface area contributed by atoms with Gasteiger partial charge in [-0.25, -0.2) is 19.2 Å².